The Hall–Kier alpha value is -4.73. The van der Waals surface area contributed by atoms with Crippen LogP contribution in [-0.2, 0) is 17.8 Å². The zero-order valence-electron chi connectivity index (χ0n) is 22.4. The Kier molecular flexibility index (Phi) is 8.04. The summed E-state index contributed by atoms with van der Waals surface area (Å²) in [5, 5.41) is 14.5. The van der Waals surface area contributed by atoms with E-state index in [4.69, 9.17) is 16.3 Å². The maximum Gasteiger partial charge on any atom is 0.261 e. The number of aromatic amines is 1. The normalized spacial score (nSPS) is 11.4. The van der Waals surface area contributed by atoms with Gasteiger partial charge in [-0.25, -0.2) is 0 Å². The molecule has 0 aliphatic carbocycles. The van der Waals surface area contributed by atoms with E-state index in [2.05, 4.69) is 27.0 Å². The van der Waals surface area contributed by atoms with Gasteiger partial charge in [-0.3, -0.25) is 4.79 Å². The summed E-state index contributed by atoms with van der Waals surface area (Å²) >= 11 is 5.95. The molecule has 0 aliphatic rings. The summed E-state index contributed by atoms with van der Waals surface area (Å²) in [7, 11) is 0. The molecule has 3 aromatic carbocycles. The average molecular weight is 549 g/mol. The highest BCUT2D eigenvalue weighted by molar-refractivity contribution is 6.30. The lowest BCUT2D eigenvalue weighted by molar-refractivity contribution is -0.117. The number of carbonyl (C=O) groups excluding carboxylic acids is 1. The average Bonchev–Trinajstić information content (AvgIpc) is 3.51. The zero-order valence-corrected chi connectivity index (χ0v) is 23.1. The van der Waals surface area contributed by atoms with Crippen molar-refractivity contribution in [2.75, 3.05) is 6.54 Å². The highest BCUT2D eigenvalue weighted by Crippen LogP contribution is 2.25. The Morgan fingerprint density at radius 2 is 1.82 bits per heavy atom. The molecule has 0 bridgehead atoms. The number of benzene rings is 3. The third-order valence-electron chi connectivity index (χ3n) is 6.90. The van der Waals surface area contributed by atoms with Crippen LogP contribution in [-0.4, -0.2) is 22.0 Å². The first kappa shape index (κ1) is 26.9. The molecule has 0 spiro atoms. The maximum atomic E-state index is 12.8. The van der Waals surface area contributed by atoms with E-state index in [0.29, 0.717) is 24.6 Å². The fraction of sp³-hybridized carbons (Fsp3) is 0.152. The number of fused-ring (bicyclic) bond motifs is 1. The van der Waals surface area contributed by atoms with Crippen LogP contribution in [0.15, 0.2) is 90.6 Å². The van der Waals surface area contributed by atoms with Gasteiger partial charge in [-0.05, 0) is 91.6 Å². The van der Waals surface area contributed by atoms with Gasteiger partial charge in [0.05, 0.1) is 0 Å². The summed E-state index contributed by atoms with van der Waals surface area (Å²) in [6.07, 6.45) is 4.29. The van der Waals surface area contributed by atoms with E-state index in [-0.39, 0.29) is 11.5 Å². The van der Waals surface area contributed by atoms with Crippen LogP contribution < -0.4 is 10.1 Å². The van der Waals surface area contributed by atoms with Gasteiger partial charge < -0.3 is 19.6 Å². The lowest BCUT2D eigenvalue weighted by Gasteiger charge is -2.12. The summed E-state index contributed by atoms with van der Waals surface area (Å²) in [6.45, 7) is 4.87. The van der Waals surface area contributed by atoms with Crippen molar-refractivity contribution in [1.29, 1.82) is 5.26 Å². The maximum absolute atomic E-state index is 12.8. The molecule has 2 heterocycles. The van der Waals surface area contributed by atoms with E-state index in [9.17, 15) is 10.1 Å². The number of nitriles is 1. The van der Waals surface area contributed by atoms with Crippen molar-refractivity contribution in [3.05, 3.63) is 124 Å². The molecular formula is C33H29ClN4O2. The molecular weight excluding hydrogens is 520 g/mol. The molecule has 0 aliphatic heterocycles. The third-order valence-corrected chi connectivity index (χ3v) is 7.16. The first-order valence-electron chi connectivity index (χ1n) is 13.0. The summed E-state index contributed by atoms with van der Waals surface area (Å²) in [5.74, 6) is 0.381. The van der Waals surface area contributed by atoms with Gasteiger partial charge >= 0.3 is 0 Å². The minimum absolute atomic E-state index is 0.0742. The second-order valence-electron chi connectivity index (χ2n) is 9.61. The molecule has 0 unspecified atom stereocenters. The molecule has 5 aromatic rings. The van der Waals surface area contributed by atoms with Gasteiger partial charge in [-0.1, -0.05) is 41.9 Å². The molecule has 0 saturated heterocycles. The summed E-state index contributed by atoms with van der Waals surface area (Å²) < 4.78 is 8.01. The number of aromatic nitrogens is 2. The number of H-pyrrole nitrogens is 1. The number of amides is 1. The molecule has 7 heteroatoms. The third kappa shape index (κ3) is 5.96. The van der Waals surface area contributed by atoms with E-state index in [1.54, 1.807) is 6.08 Å². The van der Waals surface area contributed by atoms with Crippen LogP contribution in [0.2, 0.25) is 5.02 Å². The second kappa shape index (κ2) is 12.0. The minimum atomic E-state index is -0.380. The number of ether oxygens (including phenoxy) is 1. The zero-order chi connectivity index (χ0) is 28.1. The summed E-state index contributed by atoms with van der Waals surface area (Å²) in [6, 6.07) is 27.5. The van der Waals surface area contributed by atoms with Crippen LogP contribution in [0.3, 0.4) is 0 Å². The predicted molar refractivity (Wildman–Crippen MR) is 160 cm³/mol. The molecule has 1 amide bonds. The Labute approximate surface area is 238 Å². The van der Waals surface area contributed by atoms with Gasteiger partial charge in [0.1, 0.15) is 24.0 Å². The van der Waals surface area contributed by atoms with Crippen LogP contribution >= 0.6 is 11.6 Å². The molecule has 200 valence electrons. The second-order valence-corrected chi connectivity index (χ2v) is 10.0. The fourth-order valence-electron chi connectivity index (χ4n) is 4.82. The fourth-order valence-corrected chi connectivity index (χ4v) is 4.94. The largest absolute Gasteiger partial charge is 0.489 e. The Morgan fingerprint density at radius 3 is 2.58 bits per heavy atom. The minimum Gasteiger partial charge on any atom is -0.489 e. The monoisotopic (exact) mass is 548 g/mol. The molecule has 40 heavy (non-hydrogen) atoms. The van der Waals surface area contributed by atoms with Crippen molar-refractivity contribution in [1.82, 2.24) is 14.9 Å². The number of halogens is 1. The Morgan fingerprint density at radius 1 is 1.07 bits per heavy atom. The highest BCUT2D eigenvalue weighted by Gasteiger charge is 2.14. The lowest BCUT2D eigenvalue weighted by Crippen LogP contribution is -2.26. The van der Waals surface area contributed by atoms with E-state index in [0.717, 1.165) is 50.4 Å². The smallest absolute Gasteiger partial charge is 0.261 e. The van der Waals surface area contributed by atoms with Crippen LogP contribution in [0.1, 0.15) is 28.1 Å². The highest BCUT2D eigenvalue weighted by atomic mass is 35.5. The number of hydrogen-bond acceptors (Lipinski definition) is 3. The van der Waals surface area contributed by atoms with E-state index < -0.39 is 0 Å². The van der Waals surface area contributed by atoms with Crippen LogP contribution in [0.5, 0.6) is 5.75 Å². The number of rotatable bonds is 9. The van der Waals surface area contributed by atoms with Crippen LogP contribution in [0.4, 0.5) is 0 Å². The predicted octanol–water partition coefficient (Wildman–Crippen LogP) is 7.07. The first-order chi connectivity index (χ1) is 19.4. The first-order valence-corrected chi connectivity index (χ1v) is 13.4. The van der Waals surface area contributed by atoms with Crippen molar-refractivity contribution in [3.63, 3.8) is 0 Å². The van der Waals surface area contributed by atoms with Gasteiger partial charge in [0.25, 0.3) is 5.91 Å². The van der Waals surface area contributed by atoms with Gasteiger partial charge in [0.2, 0.25) is 0 Å². The van der Waals surface area contributed by atoms with Crippen molar-refractivity contribution < 1.29 is 9.53 Å². The Balaban J connectivity index is 1.24. The number of nitrogens with one attached hydrogen (secondary N) is 2. The van der Waals surface area contributed by atoms with Crippen molar-refractivity contribution >= 4 is 34.5 Å². The molecule has 0 radical (unpaired) electrons. The van der Waals surface area contributed by atoms with Crippen LogP contribution in [0, 0.1) is 25.2 Å². The molecule has 6 nitrogen and oxygen atoms in total. The van der Waals surface area contributed by atoms with E-state index >= 15 is 0 Å². The summed E-state index contributed by atoms with van der Waals surface area (Å²) in [4.78, 5) is 16.1. The molecule has 0 fully saturated rings. The topological polar surface area (TPSA) is 82.8 Å². The van der Waals surface area contributed by atoms with Gasteiger partial charge in [-0.15, -0.1) is 0 Å². The quantitative estimate of drug-likeness (QED) is 0.152. The SMILES string of the molecule is Cc1cc(/C=C(/C#N)C(=O)NCCc2c[nH]c3ccccc23)c(C)n1-c1ccc(OCc2ccc(Cl)cc2)cc1. The van der Waals surface area contributed by atoms with Gasteiger partial charge in [0, 0.05) is 45.7 Å². The van der Waals surface area contributed by atoms with Crippen LogP contribution in [0.25, 0.3) is 22.7 Å². The number of hydrogen-bond donors (Lipinski definition) is 2. The van der Waals surface area contributed by atoms with Crippen molar-refractivity contribution in [2.24, 2.45) is 0 Å². The molecule has 0 saturated carbocycles. The van der Waals surface area contributed by atoms with Crippen molar-refractivity contribution in [3.8, 4) is 17.5 Å². The number of aryl methyl sites for hydroxylation is 1. The molecule has 5 rings (SSSR count). The van der Waals surface area contributed by atoms with E-state index in [1.165, 1.54) is 0 Å². The molecule has 2 aromatic heterocycles. The Bertz CT molecular complexity index is 1720. The number of carbonyl (C=O) groups is 1. The summed E-state index contributed by atoms with van der Waals surface area (Å²) in [5.41, 5.74) is 7.03. The number of para-hydroxylation sites is 1. The number of nitrogens with zero attached hydrogens (tertiary/aromatic N) is 2. The van der Waals surface area contributed by atoms with E-state index in [1.807, 2.05) is 92.8 Å². The van der Waals surface area contributed by atoms with Crippen molar-refractivity contribution in [2.45, 2.75) is 26.9 Å². The lowest BCUT2D eigenvalue weighted by atomic mass is 10.1. The molecule has 0 atom stereocenters. The standard InChI is InChI=1S/C33H29ClN4O2/c1-22-17-26(18-27(19-35)33(39)36-16-15-25-20-37-32-6-4-3-5-31(25)32)23(2)38(22)29-11-13-30(14-12-29)40-21-24-7-9-28(34)10-8-24/h3-14,17-18,20,37H,15-16,21H2,1-2H3,(H,36,39)/b27-18-. The molecule has 2 N–H and O–H groups in total. The van der Waals surface area contributed by atoms with Gasteiger partial charge in [0.15, 0.2) is 0 Å². The van der Waals surface area contributed by atoms with Gasteiger partial charge in [-0.2, -0.15) is 5.26 Å².